The molecule has 3 aromatic carbocycles. The van der Waals surface area contributed by atoms with Gasteiger partial charge in [0.2, 0.25) is 0 Å². The van der Waals surface area contributed by atoms with Crippen molar-refractivity contribution in [2.75, 3.05) is 6.54 Å². The molecule has 32 heavy (non-hydrogen) atoms. The van der Waals surface area contributed by atoms with Crippen LogP contribution in [0, 0.1) is 5.41 Å². The van der Waals surface area contributed by atoms with Crippen molar-refractivity contribution in [3.05, 3.63) is 106 Å². The molecule has 0 amide bonds. The number of halogens is 2. The normalized spacial score (nSPS) is 25.4. The standard InChI is InChI=1S/C28H30Cl2N2/c29-25-12-6-4-10-23(25)27(24-11-5-7-13-26(24)30)32-21-14-15-22(32)18-28(17-21,19-31)16-20-8-2-1-3-9-20/h1-13,21-22,27H,14-19,31H2/t21-,22-/m0/s1. The van der Waals surface area contributed by atoms with Crippen LogP contribution in [0.3, 0.4) is 0 Å². The lowest BCUT2D eigenvalue weighted by atomic mass is 9.70. The fourth-order valence-corrected chi connectivity index (χ4v) is 6.67. The van der Waals surface area contributed by atoms with Gasteiger partial charge in [0, 0.05) is 22.1 Å². The third kappa shape index (κ3) is 4.10. The first kappa shape index (κ1) is 22.0. The van der Waals surface area contributed by atoms with E-state index < -0.39 is 0 Å². The lowest BCUT2D eigenvalue weighted by Gasteiger charge is -2.49. The van der Waals surface area contributed by atoms with E-state index in [2.05, 4.69) is 59.5 Å². The molecule has 0 unspecified atom stereocenters. The van der Waals surface area contributed by atoms with Gasteiger partial charge in [-0.05, 0) is 72.9 Å². The van der Waals surface area contributed by atoms with Gasteiger partial charge in [0.05, 0.1) is 6.04 Å². The van der Waals surface area contributed by atoms with E-state index in [0.29, 0.717) is 12.1 Å². The van der Waals surface area contributed by atoms with Crippen LogP contribution < -0.4 is 5.73 Å². The number of piperidine rings is 1. The predicted molar refractivity (Wildman–Crippen MR) is 134 cm³/mol. The van der Waals surface area contributed by atoms with E-state index in [1.165, 1.54) is 18.4 Å². The third-order valence-corrected chi connectivity index (χ3v) is 8.25. The van der Waals surface area contributed by atoms with Crippen LogP contribution >= 0.6 is 23.2 Å². The average Bonchev–Trinajstić information content (AvgIpc) is 3.07. The molecule has 2 saturated heterocycles. The number of fused-ring (bicyclic) bond motifs is 2. The number of rotatable bonds is 6. The fraction of sp³-hybridized carbons (Fsp3) is 0.357. The van der Waals surface area contributed by atoms with Gasteiger partial charge in [0.25, 0.3) is 0 Å². The van der Waals surface area contributed by atoms with Crippen molar-refractivity contribution >= 4 is 23.2 Å². The maximum atomic E-state index is 6.76. The Labute approximate surface area is 201 Å². The first-order valence-corrected chi connectivity index (χ1v) is 12.4. The van der Waals surface area contributed by atoms with Gasteiger partial charge >= 0.3 is 0 Å². The van der Waals surface area contributed by atoms with E-state index in [-0.39, 0.29) is 11.5 Å². The van der Waals surface area contributed by atoms with E-state index in [9.17, 15) is 0 Å². The van der Waals surface area contributed by atoms with Gasteiger partial charge in [-0.1, -0.05) is 89.9 Å². The smallest absolute Gasteiger partial charge is 0.0636 e. The number of nitrogens with two attached hydrogens (primary N) is 1. The lowest BCUT2D eigenvalue weighted by Crippen LogP contribution is -2.52. The quantitative estimate of drug-likeness (QED) is 0.429. The zero-order valence-electron chi connectivity index (χ0n) is 18.3. The number of benzene rings is 3. The van der Waals surface area contributed by atoms with Crippen molar-refractivity contribution in [3.8, 4) is 0 Å². The molecule has 0 aliphatic carbocycles. The molecule has 166 valence electrons. The highest BCUT2D eigenvalue weighted by Gasteiger charge is 2.50. The molecule has 2 aliphatic heterocycles. The molecule has 2 bridgehead atoms. The molecular weight excluding hydrogens is 435 g/mol. The molecule has 0 saturated carbocycles. The van der Waals surface area contributed by atoms with Crippen molar-refractivity contribution in [2.24, 2.45) is 11.1 Å². The lowest BCUT2D eigenvalue weighted by molar-refractivity contribution is 0.0250. The monoisotopic (exact) mass is 464 g/mol. The van der Waals surface area contributed by atoms with Crippen LogP contribution in [0.25, 0.3) is 0 Å². The van der Waals surface area contributed by atoms with Crippen LogP contribution in [-0.2, 0) is 6.42 Å². The third-order valence-electron chi connectivity index (χ3n) is 7.57. The zero-order chi connectivity index (χ0) is 22.1. The second-order valence-corrected chi connectivity index (χ2v) is 10.4. The van der Waals surface area contributed by atoms with Crippen LogP contribution in [0.5, 0.6) is 0 Å². The summed E-state index contributed by atoms with van der Waals surface area (Å²) < 4.78 is 0. The van der Waals surface area contributed by atoms with Crippen LogP contribution in [0.1, 0.15) is 48.4 Å². The number of nitrogens with zero attached hydrogens (tertiary/aromatic N) is 1. The second-order valence-electron chi connectivity index (χ2n) is 9.55. The van der Waals surface area contributed by atoms with Gasteiger partial charge < -0.3 is 5.73 Å². The minimum absolute atomic E-state index is 0.0578. The van der Waals surface area contributed by atoms with E-state index in [1.54, 1.807) is 0 Å². The number of hydrogen-bond acceptors (Lipinski definition) is 2. The highest BCUT2D eigenvalue weighted by atomic mass is 35.5. The minimum Gasteiger partial charge on any atom is -0.330 e. The van der Waals surface area contributed by atoms with E-state index >= 15 is 0 Å². The Hall–Kier alpha value is -1.84. The van der Waals surface area contributed by atoms with Crippen molar-refractivity contribution in [2.45, 2.75) is 50.2 Å². The summed E-state index contributed by atoms with van der Waals surface area (Å²) in [4.78, 5) is 2.71. The summed E-state index contributed by atoms with van der Waals surface area (Å²) in [6, 6.07) is 28.3. The highest BCUT2D eigenvalue weighted by Crippen LogP contribution is 2.52. The Morgan fingerprint density at radius 1 is 0.781 bits per heavy atom. The summed E-state index contributed by atoms with van der Waals surface area (Å²) in [5.74, 6) is 0. The van der Waals surface area contributed by atoms with Crippen LogP contribution in [0.4, 0.5) is 0 Å². The topological polar surface area (TPSA) is 29.3 Å². The molecule has 2 nitrogen and oxygen atoms in total. The van der Waals surface area contributed by atoms with Crippen LogP contribution in [0.15, 0.2) is 78.9 Å². The molecule has 2 fully saturated rings. The molecule has 2 N–H and O–H groups in total. The largest absolute Gasteiger partial charge is 0.330 e. The van der Waals surface area contributed by atoms with Crippen molar-refractivity contribution in [3.63, 3.8) is 0 Å². The van der Waals surface area contributed by atoms with E-state index in [4.69, 9.17) is 28.9 Å². The maximum Gasteiger partial charge on any atom is 0.0636 e. The Kier molecular flexibility index (Phi) is 6.31. The summed E-state index contributed by atoms with van der Waals surface area (Å²) in [5, 5.41) is 1.61. The summed E-state index contributed by atoms with van der Waals surface area (Å²) in [6.07, 6.45) is 5.67. The number of hydrogen-bond donors (Lipinski definition) is 1. The minimum atomic E-state index is 0.0578. The molecule has 4 heteroatoms. The SMILES string of the molecule is NCC1(Cc2ccccc2)C[C@@H]2CC[C@@H](C1)N2C(c1ccccc1Cl)c1ccccc1Cl. The van der Waals surface area contributed by atoms with Gasteiger partial charge in [0.15, 0.2) is 0 Å². The molecule has 5 rings (SSSR count). The summed E-state index contributed by atoms with van der Waals surface area (Å²) in [6.45, 7) is 0.728. The first-order valence-electron chi connectivity index (χ1n) is 11.6. The highest BCUT2D eigenvalue weighted by molar-refractivity contribution is 6.32. The molecule has 2 heterocycles. The van der Waals surface area contributed by atoms with E-state index in [0.717, 1.165) is 47.0 Å². The summed E-state index contributed by atoms with van der Waals surface area (Å²) >= 11 is 13.5. The zero-order valence-corrected chi connectivity index (χ0v) is 19.8. The average molecular weight is 465 g/mol. The van der Waals surface area contributed by atoms with Crippen LogP contribution in [-0.4, -0.2) is 23.5 Å². The molecule has 0 spiro atoms. The Morgan fingerprint density at radius 3 is 1.78 bits per heavy atom. The summed E-state index contributed by atoms with van der Waals surface area (Å²) in [7, 11) is 0. The van der Waals surface area contributed by atoms with Gasteiger partial charge in [-0.15, -0.1) is 0 Å². The molecule has 2 atom stereocenters. The van der Waals surface area contributed by atoms with E-state index in [1.807, 2.05) is 24.3 Å². The Morgan fingerprint density at radius 2 is 1.28 bits per heavy atom. The molecule has 0 radical (unpaired) electrons. The predicted octanol–water partition coefficient (Wildman–Crippen LogP) is 6.90. The second kappa shape index (κ2) is 9.19. The van der Waals surface area contributed by atoms with Gasteiger partial charge in [0.1, 0.15) is 0 Å². The van der Waals surface area contributed by atoms with Crippen molar-refractivity contribution in [1.82, 2.24) is 4.90 Å². The molecule has 3 aromatic rings. The van der Waals surface area contributed by atoms with Gasteiger partial charge in [-0.2, -0.15) is 0 Å². The molecular formula is C28H30Cl2N2. The van der Waals surface area contributed by atoms with Crippen LogP contribution in [0.2, 0.25) is 10.0 Å². The van der Waals surface area contributed by atoms with Crippen molar-refractivity contribution < 1.29 is 0 Å². The first-order chi connectivity index (χ1) is 15.6. The van der Waals surface area contributed by atoms with Crippen molar-refractivity contribution in [1.29, 1.82) is 0 Å². The Balaban J connectivity index is 1.52. The Bertz CT molecular complexity index is 1010. The van der Waals surface area contributed by atoms with Gasteiger partial charge in [-0.3, -0.25) is 4.90 Å². The van der Waals surface area contributed by atoms with Gasteiger partial charge in [-0.25, -0.2) is 0 Å². The fourth-order valence-electron chi connectivity index (χ4n) is 6.20. The summed E-state index contributed by atoms with van der Waals surface area (Å²) in [5.41, 5.74) is 10.3. The molecule has 0 aromatic heterocycles. The molecule has 2 aliphatic rings. The maximum absolute atomic E-state index is 6.76.